The first-order valence-corrected chi connectivity index (χ1v) is 8.55. The number of fused-ring (bicyclic) bond motifs is 1. The van der Waals surface area contributed by atoms with Gasteiger partial charge in [-0.15, -0.1) is 0 Å². The van der Waals surface area contributed by atoms with Gasteiger partial charge in [-0.2, -0.15) is 0 Å². The van der Waals surface area contributed by atoms with Crippen LogP contribution in [0.15, 0.2) is 18.2 Å². The Labute approximate surface area is 132 Å². The first kappa shape index (κ1) is 14.3. The van der Waals surface area contributed by atoms with Crippen molar-refractivity contribution in [3.05, 3.63) is 29.3 Å². The third-order valence-corrected chi connectivity index (χ3v) is 6.60. The Morgan fingerprint density at radius 3 is 2.95 bits per heavy atom. The fraction of sp³-hybridized carbons (Fsp3) is 0.632. The molecule has 3 nitrogen and oxygen atoms in total. The molecule has 2 bridgehead atoms. The lowest BCUT2D eigenvalue weighted by atomic mass is 9.50. The Kier molecular flexibility index (Phi) is 3.30. The number of hydrogen-bond acceptors (Lipinski definition) is 3. The number of carbonyl (C=O) groups is 1. The van der Waals surface area contributed by atoms with Crippen LogP contribution >= 0.6 is 0 Å². The van der Waals surface area contributed by atoms with E-state index in [4.69, 9.17) is 4.74 Å². The number of likely N-dealkylation sites (N-methyl/N-ethyl adjacent to an activating group) is 1. The monoisotopic (exact) mass is 299 g/mol. The van der Waals surface area contributed by atoms with E-state index < -0.39 is 0 Å². The summed E-state index contributed by atoms with van der Waals surface area (Å²) in [5.74, 6) is 1.57. The zero-order valence-corrected chi connectivity index (χ0v) is 13.5. The number of benzene rings is 1. The summed E-state index contributed by atoms with van der Waals surface area (Å²) in [6.07, 6.45) is 7.56. The Balaban J connectivity index is 1.95. The zero-order valence-electron chi connectivity index (χ0n) is 13.5. The summed E-state index contributed by atoms with van der Waals surface area (Å²) in [5, 5.41) is 0. The maximum absolute atomic E-state index is 11.9. The molecule has 4 rings (SSSR count). The van der Waals surface area contributed by atoms with Crippen molar-refractivity contribution in [2.45, 2.75) is 49.5 Å². The molecule has 2 aliphatic carbocycles. The first-order valence-electron chi connectivity index (χ1n) is 8.55. The highest BCUT2D eigenvalue weighted by Crippen LogP contribution is 2.58. The van der Waals surface area contributed by atoms with Crippen LogP contribution in [0, 0.1) is 5.92 Å². The standard InChI is InChI=1S/C19H25NO2/c1-20-10-9-19-8-4-3-5-16(19)18(20)15(12-21)14-7-6-13(22-2)11-17(14)19/h6-7,11-12,15-16,18H,3-5,8-10H2,1-2H3/t15?,16-,18+,19+/m0/s1. The molecule has 1 unspecified atom stereocenters. The topological polar surface area (TPSA) is 29.5 Å². The van der Waals surface area contributed by atoms with Gasteiger partial charge in [0.15, 0.2) is 0 Å². The van der Waals surface area contributed by atoms with Crippen molar-refractivity contribution in [3.63, 3.8) is 0 Å². The second-order valence-corrected chi connectivity index (χ2v) is 7.34. The molecule has 22 heavy (non-hydrogen) atoms. The summed E-state index contributed by atoms with van der Waals surface area (Å²) in [5.41, 5.74) is 2.95. The van der Waals surface area contributed by atoms with Gasteiger partial charge in [0.2, 0.25) is 0 Å². The molecule has 1 heterocycles. The normalized spacial score (nSPS) is 37.1. The summed E-state index contributed by atoms with van der Waals surface area (Å²) in [6.45, 7) is 1.10. The van der Waals surface area contributed by atoms with Gasteiger partial charge in [-0.25, -0.2) is 0 Å². The highest BCUT2D eigenvalue weighted by molar-refractivity contribution is 5.68. The molecule has 1 aliphatic heterocycles. The van der Waals surface area contributed by atoms with Gasteiger partial charge in [-0.05, 0) is 62.0 Å². The number of carbonyl (C=O) groups excluding carboxylic acids is 1. The summed E-state index contributed by atoms with van der Waals surface area (Å²) < 4.78 is 5.49. The summed E-state index contributed by atoms with van der Waals surface area (Å²) >= 11 is 0. The van der Waals surface area contributed by atoms with Crippen LogP contribution in [0.4, 0.5) is 0 Å². The van der Waals surface area contributed by atoms with E-state index in [0.717, 1.165) is 12.3 Å². The quantitative estimate of drug-likeness (QED) is 0.786. The molecule has 1 aromatic carbocycles. The number of rotatable bonds is 2. The van der Waals surface area contributed by atoms with Crippen LogP contribution in [0.25, 0.3) is 0 Å². The Hall–Kier alpha value is -1.35. The van der Waals surface area contributed by atoms with Crippen molar-refractivity contribution >= 4 is 6.29 Å². The van der Waals surface area contributed by atoms with Gasteiger partial charge in [-0.3, -0.25) is 0 Å². The van der Waals surface area contributed by atoms with Crippen molar-refractivity contribution in [2.75, 3.05) is 20.7 Å². The summed E-state index contributed by atoms with van der Waals surface area (Å²) in [6, 6.07) is 6.77. The highest BCUT2D eigenvalue weighted by Gasteiger charge is 2.56. The van der Waals surface area contributed by atoms with Crippen molar-refractivity contribution < 1.29 is 9.53 Å². The Bertz CT molecular complexity index is 599. The predicted octanol–water partition coefficient (Wildman–Crippen LogP) is 3.12. The van der Waals surface area contributed by atoms with Crippen molar-refractivity contribution in [2.24, 2.45) is 5.92 Å². The lowest BCUT2D eigenvalue weighted by Gasteiger charge is -2.60. The Morgan fingerprint density at radius 2 is 2.18 bits per heavy atom. The summed E-state index contributed by atoms with van der Waals surface area (Å²) in [4.78, 5) is 14.4. The molecule has 0 aromatic heterocycles. The number of likely N-dealkylation sites (tertiary alicyclic amines) is 1. The van der Waals surface area contributed by atoms with Gasteiger partial charge >= 0.3 is 0 Å². The van der Waals surface area contributed by atoms with Crippen LogP contribution in [0.1, 0.15) is 49.1 Å². The van der Waals surface area contributed by atoms with Crippen LogP contribution in [0.3, 0.4) is 0 Å². The first-order chi connectivity index (χ1) is 10.7. The number of methoxy groups -OCH3 is 1. The van der Waals surface area contributed by atoms with E-state index in [0.29, 0.717) is 12.0 Å². The zero-order chi connectivity index (χ0) is 15.3. The summed E-state index contributed by atoms with van der Waals surface area (Å²) in [7, 11) is 3.93. The van der Waals surface area contributed by atoms with E-state index in [-0.39, 0.29) is 11.3 Å². The number of hydrogen-bond donors (Lipinski definition) is 0. The second kappa shape index (κ2) is 5.09. The Morgan fingerprint density at radius 1 is 1.32 bits per heavy atom. The fourth-order valence-electron chi connectivity index (χ4n) is 5.62. The highest BCUT2D eigenvalue weighted by atomic mass is 16.5. The van der Waals surface area contributed by atoms with Gasteiger partial charge in [0.05, 0.1) is 13.0 Å². The van der Waals surface area contributed by atoms with E-state index in [2.05, 4.69) is 24.1 Å². The molecule has 1 aromatic rings. The van der Waals surface area contributed by atoms with E-state index in [1.54, 1.807) is 7.11 Å². The van der Waals surface area contributed by atoms with Gasteiger partial charge in [0.25, 0.3) is 0 Å². The van der Waals surface area contributed by atoms with Crippen LogP contribution in [-0.2, 0) is 10.2 Å². The minimum atomic E-state index is 0.0161. The van der Waals surface area contributed by atoms with E-state index >= 15 is 0 Å². The maximum Gasteiger partial charge on any atom is 0.129 e. The smallest absolute Gasteiger partial charge is 0.129 e. The van der Waals surface area contributed by atoms with Gasteiger partial charge in [0, 0.05) is 11.5 Å². The molecule has 4 atom stereocenters. The van der Waals surface area contributed by atoms with Gasteiger partial charge in [0.1, 0.15) is 12.0 Å². The van der Waals surface area contributed by atoms with E-state index in [1.165, 1.54) is 49.5 Å². The molecule has 1 saturated carbocycles. The largest absolute Gasteiger partial charge is 0.497 e. The van der Waals surface area contributed by atoms with E-state index in [9.17, 15) is 4.79 Å². The molecular formula is C19H25NO2. The molecule has 0 N–H and O–H groups in total. The minimum Gasteiger partial charge on any atom is -0.497 e. The van der Waals surface area contributed by atoms with Crippen molar-refractivity contribution in [1.29, 1.82) is 0 Å². The van der Waals surface area contributed by atoms with Crippen LogP contribution in [0.2, 0.25) is 0 Å². The van der Waals surface area contributed by atoms with Crippen LogP contribution in [0.5, 0.6) is 5.75 Å². The lowest BCUT2D eigenvalue weighted by Crippen LogP contribution is -2.61. The third-order valence-electron chi connectivity index (χ3n) is 6.60. The average molecular weight is 299 g/mol. The number of ether oxygens (including phenoxy) is 1. The SMILES string of the molecule is COc1ccc2c(c1)[C@@]13CCCC[C@H]1[C@@H](C2C=O)N(C)CC3. The third kappa shape index (κ3) is 1.75. The van der Waals surface area contributed by atoms with Gasteiger partial charge in [-0.1, -0.05) is 18.9 Å². The molecule has 0 spiro atoms. The van der Waals surface area contributed by atoms with Crippen molar-refractivity contribution in [3.8, 4) is 5.75 Å². The molecule has 2 fully saturated rings. The molecule has 0 amide bonds. The second-order valence-electron chi connectivity index (χ2n) is 7.34. The average Bonchev–Trinajstić information content (AvgIpc) is 2.57. The number of piperidine rings is 1. The van der Waals surface area contributed by atoms with Crippen LogP contribution in [-0.4, -0.2) is 37.9 Å². The maximum atomic E-state index is 11.9. The van der Waals surface area contributed by atoms with E-state index in [1.807, 2.05) is 6.07 Å². The molecule has 118 valence electrons. The van der Waals surface area contributed by atoms with Crippen molar-refractivity contribution in [1.82, 2.24) is 4.90 Å². The molecule has 1 saturated heterocycles. The predicted molar refractivity (Wildman–Crippen MR) is 86.5 cm³/mol. The minimum absolute atomic E-state index is 0.0161. The number of aldehydes is 1. The molecular weight excluding hydrogens is 274 g/mol. The molecule has 0 radical (unpaired) electrons. The molecule has 3 aliphatic rings. The lowest BCUT2D eigenvalue weighted by molar-refractivity contribution is -0.113. The molecule has 3 heteroatoms. The van der Waals surface area contributed by atoms with Crippen LogP contribution < -0.4 is 4.74 Å². The van der Waals surface area contributed by atoms with Gasteiger partial charge < -0.3 is 14.4 Å². The fourth-order valence-corrected chi connectivity index (χ4v) is 5.62. The number of nitrogens with zero attached hydrogens (tertiary/aromatic N) is 1.